The minimum Gasteiger partial charge on any atom is -0.544 e. The molecule has 0 spiro atoms. The van der Waals surface area contributed by atoms with Crippen molar-refractivity contribution in [3.63, 3.8) is 0 Å². The second-order valence-corrected chi connectivity index (χ2v) is 7.43. The van der Waals surface area contributed by atoms with Crippen molar-refractivity contribution in [2.45, 2.75) is 50.6 Å². The summed E-state index contributed by atoms with van der Waals surface area (Å²) in [4.78, 5) is 22.6. The Morgan fingerprint density at radius 2 is 1.25 bits per heavy atom. The van der Waals surface area contributed by atoms with Gasteiger partial charge < -0.3 is 31.3 Å². The minimum absolute atomic E-state index is 0.395. The van der Waals surface area contributed by atoms with Crippen LogP contribution in [0, 0.1) is 22.7 Å². The maximum atomic E-state index is 11.3. The number of carboxylic acid groups (broad SMARTS) is 2. The van der Waals surface area contributed by atoms with E-state index in [-0.39, 0.29) is 0 Å². The third-order valence-corrected chi connectivity index (χ3v) is 6.20. The highest BCUT2D eigenvalue weighted by Crippen LogP contribution is 2.66. The summed E-state index contributed by atoms with van der Waals surface area (Å²) in [7, 11) is 0. The van der Waals surface area contributed by atoms with E-state index in [0.717, 1.165) is 32.1 Å². The first kappa shape index (κ1) is 13.8. The van der Waals surface area contributed by atoms with Gasteiger partial charge in [-0.1, -0.05) is 0 Å². The SMILES string of the molecule is [NH3+][C@@H](C(=O)[O-])C12CC3CC(C1)CC([C@@H]([NH3+])C(=O)[O-])(C3)C2. The van der Waals surface area contributed by atoms with E-state index in [1.165, 1.54) is 0 Å². The van der Waals surface area contributed by atoms with Crippen LogP contribution in [0.4, 0.5) is 0 Å². The van der Waals surface area contributed by atoms with Gasteiger partial charge in [-0.2, -0.15) is 0 Å². The van der Waals surface area contributed by atoms with Crippen LogP contribution in [0.1, 0.15) is 38.5 Å². The van der Waals surface area contributed by atoms with Gasteiger partial charge in [0.25, 0.3) is 0 Å². The number of rotatable bonds is 4. The van der Waals surface area contributed by atoms with Crippen LogP contribution < -0.4 is 21.7 Å². The molecule has 0 aromatic heterocycles. The van der Waals surface area contributed by atoms with E-state index in [4.69, 9.17) is 0 Å². The average molecular weight is 282 g/mol. The zero-order valence-corrected chi connectivity index (χ0v) is 11.6. The van der Waals surface area contributed by atoms with Crippen LogP contribution in [0.3, 0.4) is 0 Å². The summed E-state index contributed by atoms with van der Waals surface area (Å²) >= 11 is 0. The topological polar surface area (TPSA) is 136 Å². The highest BCUT2D eigenvalue weighted by atomic mass is 16.4. The summed E-state index contributed by atoms with van der Waals surface area (Å²) in [6.45, 7) is 0. The highest BCUT2D eigenvalue weighted by Gasteiger charge is 2.63. The Morgan fingerprint density at radius 1 is 0.900 bits per heavy atom. The Morgan fingerprint density at radius 3 is 1.55 bits per heavy atom. The molecule has 6 N–H and O–H groups in total. The minimum atomic E-state index is -1.11. The van der Waals surface area contributed by atoms with Gasteiger partial charge in [-0.3, -0.25) is 0 Å². The molecule has 0 aromatic rings. The molecule has 4 saturated carbocycles. The van der Waals surface area contributed by atoms with Crippen LogP contribution in [0.15, 0.2) is 0 Å². The predicted molar refractivity (Wildman–Crippen MR) is 62.9 cm³/mol. The van der Waals surface area contributed by atoms with Gasteiger partial charge in [-0.15, -0.1) is 0 Å². The first-order valence-corrected chi connectivity index (χ1v) is 7.36. The van der Waals surface area contributed by atoms with Gasteiger partial charge >= 0.3 is 0 Å². The van der Waals surface area contributed by atoms with Gasteiger partial charge in [-0.05, 0) is 50.4 Å². The van der Waals surface area contributed by atoms with E-state index in [9.17, 15) is 19.8 Å². The third-order valence-electron chi connectivity index (χ3n) is 6.20. The van der Waals surface area contributed by atoms with E-state index in [1.54, 1.807) is 0 Å². The average Bonchev–Trinajstić information content (AvgIpc) is 2.35. The van der Waals surface area contributed by atoms with Gasteiger partial charge in [0.05, 0.1) is 11.9 Å². The Bertz CT molecular complexity index is 412. The number of carbonyl (C=O) groups is 2. The third kappa shape index (κ3) is 1.78. The number of hydrogen-bond acceptors (Lipinski definition) is 4. The number of quaternary nitrogens is 2. The molecule has 6 heteroatoms. The van der Waals surface area contributed by atoms with Gasteiger partial charge in [0.2, 0.25) is 0 Å². The molecule has 4 bridgehead atoms. The smallest absolute Gasteiger partial charge is 0.130 e. The molecule has 112 valence electrons. The lowest BCUT2D eigenvalue weighted by Gasteiger charge is -2.63. The van der Waals surface area contributed by atoms with Crippen molar-refractivity contribution in [3.8, 4) is 0 Å². The normalized spacial score (nSPS) is 45.1. The van der Waals surface area contributed by atoms with Crippen molar-refractivity contribution in [1.29, 1.82) is 0 Å². The molecular weight excluding hydrogens is 260 g/mol. The second kappa shape index (κ2) is 4.18. The molecule has 0 aromatic carbocycles. The summed E-state index contributed by atoms with van der Waals surface area (Å²) in [5.41, 5.74) is 6.85. The van der Waals surface area contributed by atoms with Crippen molar-refractivity contribution in [3.05, 3.63) is 0 Å². The highest BCUT2D eigenvalue weighted by molar-refractivity contribution is 5.72. The van der Waals surface area contributed by atoms with E-state index in [1.807, 2.05) is 0 Å². The molecule has 0 radical (unpaired) electrons. The summed E-state index contributed by atoms with van der Waals surface area (Å²) < 4.78 is 0. The monoisotopic (exact) mass is 282 g/mol. The molecule has 4 aliphatic rings. The van der Waals surface area contributed by atoms with Gasteiger partial charge in [-0.25, -0.2) is 0 Å². The quantitative estimate of drug-likeness (QED) is 0.548. The fourth-order valence-corrected chi connectivity index (χ4v) is 5.72. The molecule has 4 aliphatic carbocycles. The van der Waals surface area contributed by atoms with E-state index in [2.05, 4.69) is 11.5 Å². The zero-order chi connectivity index (χ0) is 14.7. The number of carboxylic acids is 2. The lowest BCUT2D eigenvalue weighted by Crippen LogP contribution is -2.82. The molecule has 0 aliphatic heterocycles. The molecule has 0 unspecified atom stereocenters. The summed E-state index contributed by atoms with van der Waals surface area (Å²) in [5.74, 6) is -1.42. The lowest BCUT2D eigenvalue weighted by molar-refractivity contribution is -0.489. The van der Waals surface area contributed by atoms with Crippen LogP contribution in [-0.4, -0.2) is 24.0 Å². The summed E-state index contributed by atoms with van der Waals surface area (Å²) in [6.07, 6.45) is 5.04. The molecule has 4 fully saturated rings. The molecule has 2 atom stereocenters. The van der Waals surface area contributed by atoms with Crippen molar-refractivity contribution in [1.82, 2.24) is 0 Å². The fourth-order valence-electron chi connectivity index (χ4n) is 5.72. The standard InChI is InChI=1S/C14H22N2O4/c15-9(11(17)18)13-2-7-1-8(4-13)5-14(3-7,6-13)10(16)12(19)20/h7-10H,1-6,15-16H2,(H,17,18)(H,19,20)/t7?,8?,9-,10-,13?,14?/m0/s1. The Labute approximate surface area is 117 Å². The van der Waals surface area contributed by atoms with Gasteiger partial charge in [0.15, 0.2) is 0 Å². The molecule has 0 amide bonds. The van der Waals surface area contributed by atoms with Gasteiger partial charge in [0.1, 0.15) is 12.1 Å². The molecule has 4 rings (SSSR count). The summed E-state index contributed by atoms with van der Waals surface area (Å²) in [5, 5.41) is 22.6. The second-order valence-electron chi connectivity index (χ2n) is 7.43. The van der Waals surface area contributed by atoms with E-state index in [0.29, 0.717) is 18.3 Å². The largest absolute Gasteiger partial charge is 0.544 e. The number of hydrogen-bond donors (Lipinski definition) is 2. The first-order valence-electron chi connectivity index (χ1n) is 7.36. The summed E-state index contributed by atoms with van der Waals surface area (Å²) in [6, 6.07) is -1.52. The van der Waals surface area contributed by atoms with Crippen molar-refractivity contribution < 1.29 is 31.3 Å². The lowest BCUT2D eigenvalue weighted by atomic mass is 9.41. The maximum absolute atomic E-state index is 11.3. The molecular formula is C14H22N2O4. The molecule has 20 heavy (non-hydrogen) atoms. The zero-order valence-electron chi connectivity index (χ0n) is 11.6. The van der Waals surface area contributed by atoms with Crippen LogP contribution >= 0.6 is 0 Å². The number of aliphatic carboxylic acids is 2. The Hall–Kier alpha value is -1.14. The van der Waals surface area contributed by atoms with Crippen molar-refractivity contribution >= 4 is 11.9 Å². The van der Waals surface area contributed by atoms with Crippen molar-refractivity contribution in [2.24, 2.45) is 22.7 Å². The fraction of sp³-hybridized carbons (Fsp3) is 0.857. The van der Waals surface area contributed by atoms with E-state index >= 15 is 0 Å². The predicted octanol–water partition coefficient (Wildman–Crippen LogP) is -3.71. The van der Waals surface area contributed by atoms with Crippen LogP contribution in [0.5, 0.6) is 0 Å². The number of carbonyl (C=O) groups excluding carboxylic acids is 2. The van der Waals surface area contributed by atoms with Crippen LogP contribution in [0.25, 0.3) is 0 Å². The maximum Gasteiger partial charge on any atom is 0.130 e. The van der Waals surface area contributed by atoms with Crippen molar-refractivity contribution in [2.75, 3.05) is 0 Å². The van der Waals surface area contributed by atoms with Crippen LogP contribution in [-0.2, 0) is 9.59 Å². The van der Waals surface area contributed by atoms with E-state index < -0.39 is 34.9 Å². The first-order chi connectivity index (χ1) is 9.28. The molecule has 0 heterocycles. The van der Waals surface area contributed by atoms with Crippen LogP contribution in [0.2, 0.25) is 0 Å². The van der Waals surface area contributed by atoms with Gasteiger partial charge in [0, 0.05) is 10.8 Å². The Kier molecular flexibility index (Phi) is 2.89. The molecule has 6 nitrogen and oxygen atoms in total. The molecule has 0 saturated heterocycles. The Balaban J connectivity index is 1.97.